The zero-order valence-electron chi connectivity index (χ0n) is 19.2. The summed E-state index contributed by atoms with van der Waals surface area (Å²) in [4.78, 5) is 4.59. The Morgan fingerprint density at radius 3 is 1.90 bits per heavy atom. The van der Waals surface area contributed by atoms with Gasteiger partial charge in [0, 0.05) is 23.0 Å². The first kappa shape index (κ1) is 23.2. The standard InChI is InChI=1S/C29H36FN/c1-3-5-7-9-11-23-13-15-24(16-14-23)28-20-18-25(21-29(28)30)26-17-19-27(31-22-26)12-10-8-6-4-2/h13-22H,3-12H2,1-2H3. The van der Waals surface area contributed by atoms with E-state index in [0.29, 0.717) is 5.56 Å². The number of aromatic nitrogens is 1. The van der Waals surface area contributed by atoms with Crippen molar-refractivity contribution in [2.24, 2.45) is 0 Å². The van der Waals surface area contributed by atoms with Gasteiger partial charge in [0.15, 0.2) is 0 Å². The predicted octanol–water partition coefficient (Wildman–Crippen LogP) is 8.80. The number of aryl methyl sites for hydroxylation is 2. The zero-order valence-corrected chi connectivity index (χ0v) is 19.2. The minimum atomic E-state index is -0.183. The van der Waals surface area contributed by atoms with Gasteiger partial charge in [0.05, 0.1) is 0 Å². The van der Waals surface area contributed by atoms with Crippen LogP contribution in [0.25, 0.3) is 22.3 Å². The second-order valence-corrected chi connectivity index (χ2v) is 8.55. The molecule has 0 saturated heterocycles. The Morgan fingerprint density at radius 1 is 0.645 bits per heavy atom. The summed E-state index contributed by atoms with van der Waals surface area (Å²) in [5, 5.41) is 0. The van der Waals surface area contributed by atoms with E-state index in [4.69, 9.17) is 0 Å². The molecule has 1 aromatic heterocycles. The summed E-state index contributed by atoms with van der Waals surface area (Å²) in [7, 11) is 0. The number of rotatable bonds is 12. The van der Waals surface area contributed by atoms with Gasteiger partial charge in [-0.3, -0.25) is 4.98 Å². The number of halogens is 1. The van der Waals surface area contributed by atoms with Gasteiger partial charge in [0.25, 0.3) is 0 Å². The summed E-state index contributed by atoms with van der Waals surface area (Å²) in [5.41, 5.74) is 5.87. The van der Waals surface area contributed by atoms with E-state index >= 15 is 0 Å². The van der Waals surface area contributed by atoms with Crippen LogP contribution in [0.5, 0.6) is 0 Å². The van der Waals surface area contributed by atoms with Crippen molar-refractivity contribution in [3.8, 4) is 22.3 Å². The Balaban J connectivity index is 1.63. The van der Waals surface area contributed by atoms with Crippen LogP contribution in [0.15, 0.2) is 60.8 Å². The van der Waals surface area contributed by atoms with Crippen LogP contribution in [0.3, 0.4) is 0 Å². The Hall–Kier alpha value is -2.48. The monoisotopic (exact) mass is 417 g/mol. The molecule has 3 rings (SSSR count). The molecule has 0 amide bonds. The van der Waals surface area contributed by atoms with Gasteiger partial charge in [-0.05, 0) is 54.5 Å². The zero-order chi connectivity index (χ0) is 21.9. The Morgan fingerprint density at radius 2 is 1.29 bits per heavy atom. The highest BCUT2D eigenvalue weighted by atomic mass is 19.1. The number of nitrogens with zero attached hydrogens (tertiary/aromatic N) is 1. The highest BCUT2D eigenvalue weighted by Gasteiger charge is 2.08. The second kappa shape index (κ2) is 12.4. The molecule has 0 atom stereocenters. The third-order valence-electron chi connectivity index (χ3n) is 6.00. The van der Waals surface area contributed by atoms with E-state index in [1.165, 1.54) is 56.9 Å². The SMILES string of the molecule is CCCCCCc1ccc(-c2ccc(-c3ccc(CCCCCC)nc3)cc2F)cc1. The molecule has 0 bridgehead atoms. The van der Waals surface area contributed by atoms with E-state index in [2.05, 4.69) is 43.1 Å². The van der Waals surface area contributed by atoms with E-state index in [9.17, 15) is 4.39 Å². The Kier molecular flexibility index (Phi) is 9.27. The maximum absolute atomic E-state index is 14.9. The van der Waals surface area contributed by atoms with Crippen molar-refractivity contribution in [2.75, 3.05) is 0 Å². The molecule has 3 aromatic rings. The summed E-state index contributed by atoms with van der Waals surface area (Å²) < 4.78 is 14.9. The molecule has 0 saturated carbocycles. The van der Waals surface area contributed by atoms with Crippen LogP contribution in [0.4, 0.5) is 4.39 Å². The third-order valence-corrected chi connectivity index (χ3v) is 6.00. The first-order valence-corrected chi connectivity index (χ1v) is 12.1. The van der Waals surface area contributed by atoms with Gasteiger partial charge in [0.1, 0.15) is 5.82 Å². The van der Waals surface area contributed by atoms with Gasteiger partial charge in [-0.2, -0.15) is 0 Å². The fourth-order valence-corrected chi connectivity index (χ4v) is 4.01. The van der Waals surface area contributed by atoms with Crippen LogP contribution in [0, 0.1) is 5.82 Å². The molecule has 2 aromatic carbocycles. The molecule has 0 N–H and O–H groups in total. The van der Waals surface area contributed by atoms with Gasteiger partial charge >= 0.3 is 0 Å². The van der Waals surface area contributed by atoms with Gasteiger partial charge in [-0.25, -0.2) is 4.39 Å². The summed E-state index contributed by atoms with van der Waals surface area (Å²) >= 11 is 0. The number of benzene rings is 2. The molecule has 1 nitrogen and oxygen atoms in total. The maximum atomic E-state index is 14.9. The third kappa shape index (κ3) is 7.02. The first-order valence-electron chi connectivity index (χ1n) is 12.1. The lowest BCUT2D eigenvalue weighted by Crippen LogP contribution is -1.92. The molecule has 0 radical (unpaired) electrons. The van der Waals surface area contributed by atoms with E-state index in [1.54, 1.807) is 6.07 Å². The highest BCUT2D eigenvalue weighted by Crippen LogP contribution is 2.28. The Labute approximate surface area is 187 Å². The summed E-state index contributed by atoms with van der Waals surface area (Å²) in [5.74, 6) is -0.183. The topological polar surface area (TPSA) is 12.9 Å². The summed E-state index contributed by atoms with van der Waals surface area (Å²) in [6.45, 7) is 4.46. The number of pyridine rings is 1. The van der Waals surface area contributed by atoms with Crippen molar-refractivity contribution in [3.63, 3.8) is 0 Å². The number of hydrogen-bond donors (Lipinski definition) is 0. The molecular formula is C29H36FN. The van der Waals surface area contributed by atoms with E-state index in [-0.39, 0.29) is 5.82 Å². The van der Waals surface area contributed by atoms with E-state index in [1.807, 2.05) is 30.5 Å². The minimum absolute atomic E-state index is 0.183. The molecule has 0 aliphatic carbocycles. The molecule has 31 heavy (non-hydrogen) atoms. The molecule has 0 fully saturated rings. The summed E-state index contributed by atoms with van der Waals surface area (Å²) in [6, 6.07) is 18.0. The number of hydrogen-bond acceptors (Lipinski definition) is 1. The smallest absolute Gasteiger partial charge is 0.131 e. The van der Waals surface area contributed by atoms with Crippen molar-refractivity contribution in [1.82, 2.24) is 4.98 Å². The molecule has 2 heteroatoms. The van der Waals surface area contributed by atoms with E-state index in [0.717, 1.165) is 35.2 Å². The van der Waals surface area contributed by atoms with Crippen molar-refractivity contribution in [1.29, 1.82) is 0 Å². The summed E-state index contributed by atoms with van der Waals surface area (Å²) in [6.07, 6.45) is 14.0. The number of unbranched alkanes of at least 4 members (excludes halogenated alkanes) is 6. The van der Waals surface area contributed by atoms with E-state index < -0.39 is 0 Å². The average molecular weight is 418 g/mol. The van der Waals surface area contributed by atoms with Gasteiger partial charge in [0.2, 0.25) is 0 Å². The van der Waals surface area contributed by atoms with Crippen molar-refractivity contribution in [2.45, 2.75) is 78.1 Å². The quantitative estimate of drug-likeness (QED) is 0.268. The molecule has 1 heterocycles. The van der Waals surface area contributed by atoms with Crippen LogP contribution in [0.1, 0.15) is 76.5 Å². The van der Waals surface area contributed by atoms with Gasteiger partial charge in [-0.15, -0.1) is 0 Å². The maximum Gasteiger partial charge on any atom is 0.131 e. The van der Waals surface area contributed by atoms with Crippen LogP contribution in [0.2, 0.25) is 0 Å². The van der Waals surface area contributed by atoms with Crippen molar-refractivity contribution >= 4 is 0 Å². The molecule has 0 unspecified atom stereocenters. The lowest BCUT2D eigenvalue weighted by molar-refractivity contribution is 0.632. The molecule has 0 aliphatic rings. The lowest BCUT2D eigenvalue weighted by Gasteiger charge is -2.09. The molecule has 164 valence electrons. The fraction of sp³-hybridized carbons (Fsp3) is 0.414. The van der Waals surface area contributed by atoms with Crippen LogP contribution >= 0.6 is 0 Å². The first-order chi connectivity index (χ1) is 15.2. The van der Waals surface area contributed by atoms with Crippen molar-refractivity contribution < 1.29 is 4.39 Å². The van der Waals surface area contributed by atoms with Crippen LogP contribution in [-0.4, -0.2) is 4.98 Å². The van der Waals surface area contributed by atoms with Crippen molar-refractivity contribution in [3.05, 3.63) is 77.9 Å². The van der Waals surface area contributed by atoms with Gasteiger partial charge < -0.3 is 0 Å². The average Bonchev–Trinajstić information content (AvgIpc) is 2.80. The van der Waals surface area contributed by atoms with Gasteiger partial charge in [-0.1, -0.05) is 94.8 Å². The normalized spacial score (nSPS) is 11.1. The molecule has 0 aliphatic heterocycles. The fourth-order valence-electron chi connectivity index (χ4n) is 4.01. The second-order valence-electron chi connectivity index (χ2n) is 8.55. The largest absolute Gasteiger partial charge is 0.261 e. The molecule has 0 spiro atoms. The Bertz CT molecular complexity index is 912. The minimum Gasteiger partial charge on any atom is -0.261 e. The highest BCUT2D eigenvalue weighted by molar-refractivity contribution is 5.70. The lowest BCUT2D eigenvalue weighted by atomic mass is 9.98. The van der Waals surface area contributed by atoms with Crippen LogP contribution < -0.4 is 0 Å². The molecular weight excluding hydrogens is 381 g/mol. The van der Waals surface area contributed by atoms with Crippen LogP contribution in [-0.2, 0) is 12.8 Å². The predicted molar refractivity (Wildman–Crippen MR) is 131 cm³/mol.